The lowest BCUT2D eigenvalue weighted by atomic mass is 10.2. The van der Waals surface area contributed by atoms with E-state index in [4.69, 9.17) is 28.3 Å². The number of amides is 2. The average Bonchev–Trinajstić information content (AvgIpc) is 2.93. The number of aliphatic carboxylic acids is 1. The van der Waals surface area contributed by atoms with E-state index in [9.17, 15) is 9.59 Å². The molecule has 1 aromatic carbocycles. The molecule has 2 aromatic rings. The maximum absolute atomic E-state index is 11.8. The standard InChI is InChI=1S/C15H16Cl2N4O3/c16-11-4-3-10(12(17)8-11)9-21-13(5-7-19-21)20-15(24)18-6-1-2-14(22)23/h3-5,7-8H,1-2,6,9H2,(H,22,23)(H2,18,20,24). The molecule has 0 bridgehead atoms. The highest BCUT2D eigenvalue weighted by Crippen LogP contribution is 2.22. The fourth-order valence-corrected chi connectivity index (χ4v) is 2.45. The van der Waals surface area contributed by atoms with Crippen molar-refractivity contribution >= 4 is 41.0 Å². The van der Waals surface area contributed by atoms with Gasteiger partial charge in [0.05, 0.1) is 12.7 Å². The first-order valence-corrected chi connectivity index (χ1v) is 7.93. The van der Waals surface area contributed by atoms with E-state index in [2.05, 4.69) is 15.7 Å². The van der Waals surface area contributed by atoms with Crippen LogP contribution in [0.2, 0.25) is 10.0 Å². The summed E-state index contributed by atoms with van der Waals surface area (Å²) < 4.78 is 1.59. The van der Waals surface area contributed by atoms with Crippen LogP contribution in [0.4, 0.5) is 10.6 Å². The predicted molar refractivity (Wildman–Crippen MR) is 91.7 cm³/mol. The molecule has 0 radical (unpaired) electrons. The highest BCUT2D eigenvalue weighted by Gasteiger charge is 2.09. The fourth-order valence-electron chi connectivity index (χ4n) is 1.98. The van der Waals surface area contributed by atoms with Crippen molar-refractivity contribution in [1.29, 1.82) is 0 Å². The number of benzene rings is 1. The third kappa shape index (κ3) is 5.43. The number of rotatable bonds is 7. The highest BCUT2D eigenvalue weighted by molar-refractivity contribution is 6.35. The van der Waals surface area contributed by atoms with Crippen molar-refractivity contribution < 1.29 is 14.7 Å². The Morgan fingerprint density at radius 2 is 2.04 bits per heavy atom. The average molecular weight is 371 g/mol. The number of urea groups is 1. The lowest BCUT2D eigenvalue weighted by molar-refractivity contribution is -0.137. The van der Waals surface area contributed by atoms with E-state index in [0.29, 0.717) is 28.8 Å². The molecule has 128 valence electrons. The molecule has 0 atom stereocenters. The third-order valence-corrected chi connectivity index (χ3v) is 3.73. The van der Waals surface area contributed by atoms with Crippen molar-refractivity contribution in [3.05, 3.63) is 46.1 Å². The second-order valence-electron chi connectivity index (χ2n) is 4.99. The predicted octanol–water partition coefficient (Wildman–Crippen LogP) is 3.22. The SMILES string of the molecule is O=C(O)CCCNC(=O)Nc1ccnn1Cc1ccc(Cl)cc1Cl. The summed E-state index contributed by atoms with van der Waals surface area (Å²) >= 11 is 12.0. The van der Waals surface area contributed by atoms with Crippen molar-refractivity contribution in [2.45, 2.75) is 19.4 Å². The number of halogens is 2. The van der Waals surface area contributed by atoms with Gasteiger partial charge in [-0.25, -0.2) is 9.48 Å². The van der Waals surface area contributed by atoms with Crippen LogP contribution in [-0.4, -0.2) is 33.4 Å². The summed E-state index contributed by atoms with van der Waals surface area (Å²) in [6.45, 7) is 0.646. The van der Waals surface area contributed by atoms with Gasteiger partial charge in [0.2, 0.25) is 0 Å². The minimum absolute atomic E-state index is 0.00722. The van der Waals surface area contributed by atoms with E-state index in [1.807, 2.05) is 0 Å². The number of carbonyl (C=O) groups is 2. The van der Waals surface area contributed by atoms with E-state index in [-0.39, 0.29) is 13.0 Å². The molecule has 0 fully saturated rings. The van der Waals surface area contributed by atoms with E-state index in [0.717, 1.165) is 5.56 Å². The molecule has 0 aliphatic rings. The van der Waals surface area contributed by atoms with Crippen LogP contribution in [0.3, 0.4) is 0 Å². The minimum atomic E-state index is -0.893. The second-order valence-corrected chi connectivity index (χ2v) is 5.83. The molecular formula is C15H16Cl2N4O3. The minimum Gasteiger partial charge on any atom is -0.481 e. The Morgan fingerprint density at radius 3 is 2.75 bits per heavy atom. The summed E-state index contributed by atoms with van der Waals surface area (Å²) in [6.07, 6.45) is 1.93. The summed E-state index contributed by atoms with van der Waals surface area (Å²) in [7, 11) is 0. The van der Waals surface area contributed by atoms with Gasteiger partial charge in [-0.1, -0.05) is 29.3 Å². The Hall–Kier alpha value is -2.25. The number of anilines is 1. The maximum Gasteiger partial charge on any atom is 0.320 e. The Kier molecular flexibility index (Phi) is 6.45. The zero-order valence-electron chi connectivity index (χ0n) is 12.6. The Morgan fingerprint density at radius 1 is 1.25 bits per heavy atom. The number of carboxylic acids is 1. The fraction of sp³-hybridized carbons (Fsp3) is 0.267. The van der Waals surface area contributed by atoms with Gasteiger partial charge in [0.25, 0.3) is 0 Å². The largest absolute Gasteiger partial charge is 0.481 e. The molecule has 1 aromatic heterocycles. The van der Waals surface area contributed by atoms with Crippen LogP contribution in [-0.2, 0) is 11.3 Å². The highest BCUT2D eigenvalue weighted by atomic mass is 35.5. The molecule has 3 N–H and O–H groups in total. The van der Waals surface area contributed by atoms with E-state index in [1.165, 1.54) is 0 Å². The van der Waals surface area contributed by atoms with Crippen molar-refractivity contribution in [2.75, 3.05) is 11.9 Å². The van der Waals surface area contributed by atoms with E-state index >= 15 is 0 Å². The molecule has 2 rings (SSSR count). The van der Waals surface area contributed by atoms with Crippen LogP contribution >= 0.6 is 23.2 Å². The first-order chi connectivity index (χ1) is 11.5. The normalized spacial score (nSPS) is 10.4. The molecule has 0 spiro atoms. The quantitative estimate of drug-likeness (QED) is 0.651. The summed E-state index contributed by atoms with van der Waals surface area (Å²) in [5.41, 5.74) is 0.815. The molecule has 2 amide bonds. The van der Waals surface area contributed by atoms with Gasteiger partial charge in [0.1, 0.15) is 5.82 Å². The molecule has 0 saturated heterocycles. The number of carboxylic acid groups (broad SMARTS) is 1. The zero-order chi connectivity index (χ0) is 17.5. The topological polar surface area (TPSA) is 96.2 Å². The third-order valence-electron chi connectivity index (χ3n) is 3.15. The lowest BCUT2D eigenvalue weighted by Gasteiger charge is -2.11. The van der Waals surface area contributed by atoms with Gasteiger partial charge in [-0.05, 0) is 24.1 Å². The van der Waals surface area contributed by atoms with Crippen LogP contribution in [0.25, 0.3) is 0 Å². The number of hydrogen-bond acceptors (Lipinski definition) is 3. The summed E-state index contributed by atoms with van der Waals surface area (Å²) in [5, 5.41) is 19.0. The first kappa shape index (κ1) is 18.1. The van der Waals surface area contributed by atoms with Crippen LogP contribution in [0.15, 0.2) is 30.5 Å². The first-order valence-electron chi connectivity index (χ1n) is 7.18. The van der Waals surface area contributed by atoms with Gasteiger partial charge in [0, 0.05) is 29.1 Å². The summed E-state index contributed by atoms with van der Waals surface area (Å²) in [6, 6.07) is 6.39. The van der Waals surface area contributed by atoms with Crippen molar-refractivity contribution in [3.8, 4) is 0 Å². The molecule has 24 heavy (non-hydrogen) atoms. The van der Waals surface area contributed by atoms with Crippen molar-refractivity contribution in [1.82, 2.24) is 15.1 Å². The molecular weight excluding hydrogens is 355 g/mol. The smallest absolute Gasteiger partial charge is 0.320 e. The van der Waals surface area contributed by atoms with Crippen molar-refractivity contribution in [2.24, 2.45) is 0 Å². The number of carbonyl (C=O) groups excluding carboxylic acids is 1. The Labute approximate surface area is 148 Å². The van der Waals surface area contributed by atoms with Gasteiger partial charge in [0.15, 0.2) is 0 Å². The van der Waals surface area contributed by atoms with Gasteiger partial charge in [-0.3, -0.25) is 10.1 Å². The molecule has 0 saturated carbocycles. The molecule has 7 nitrogen and oxygen atoms in total. The zero-order valence-corrected chi connectivity index (χ0v) is 14.1. The molecule has 0 aliphatic heterocycles. The van der Waals surface area contributed by atoms with Gasteiger partial charge >= 0.3 is 12.0 Å². The Bertz CT molecular complexity index is 733. The number of hydrogen-bond donors (Lipinski definition) is 3. The van der Waals surface area contributed by atoms with E-state index in [1.54, 1.807) is 35.1 Å². The Balaban J connectivity index is 1.92. The number of nitrogens with zero attached hydrogens (tertiary/aromatic N) is 2. The van der Waals surface area contributed by atoms with Crippen LogP contribution < -0.4 is 10.6 Å². The summed E-state index contributed by atoms with van der Waals surface area (Å²) in [5.74, 6) is -0.396. The van der Waals surface area contributed by atoms with Gasteiger partial charge in [-0.2, -0.15) is 5.10 Å². The lowest BCUT2D eigenvalue weighted by Crippen LogP contribution is -2.30. The van der Waals surface area contributed by atoms with Crippen LogP contribution in [0, 0.1) is 0 Å². The van der Waals surface area contributed by atoms with Crippen LogP contribution in [0.1, 0.15) is 18.4 Å². The monoisotopic (exact) mass is 370 g/mol. The number of aromatic nitrogens is 2. The van der Waals surface area contributed by atoms with E-state index < -0.39 is 12.0 Å². The van der Waals surface area contributed by atoms with Crippen molar-refractivity contribution in [3.63, 3.8) is 0 Å². The second kappa shape index (κ2) is 8.56. The number of nitrogens with one attached hydrogen (secondary N) is 2. The maximum atomic E-state index is 11.8. The summed E-state index contributed by atoms with van der Waals surface area (Å²) in [4.78, 5) is 22.2. The molecule has 1 heterocycles. The van der Waals surface area contributed by atoms with Gasteiger partial charge < -0.3 is 10.4 Å². The van der Waals surface area contributed by atoms with Crippen LogP contribution in [0.5, 0.6) is 0 Å². The molecule has 0 unspecified atom stereocenters. The van der Waals surface area contributed by atoms with Gasteiger partial charge in [-0.15, -0.1) is 0 Å². The molecule has 9 heteroatoms. The molecule has 0 aliphatic carbocycles.